The summed E-state index contributed by atoms with van der Waals surface area (Å²) >= 11 is 0. The third-order valence-corrected chi connectivity index (χ3v) is 5.32. The Kier molecular flexibility index (Phi) is 6.93. The van der Waals surface area contributed by atoms with Crippen LogP contribution in [0.2, 0.25) is 0 Å². The zero-order valence-corrected chi connectivity index (χ0v) is 16.2. The lowest BCUT2D eigenvalue weighted by molar-refractivity contribution is 0.0786. The van der Waals surface area contributed by atoms with Crippen molar-refractivity contribution in [2.45, 2.75) is 12.3 Å². The van der Waals surface area contributed by atoms with E-state index in [9.17, 15) is 4.79 Å². The van der Waals surface area contributed by atoms with E-state index in [4.69, 9.17) is 5.73 Å². The van der Waals surface area contributed by atoms with Gasteiger partial charge in [-0.1, -0.05) is 30.3 Å². The Morgan fingerprint density at radius 3 is 2.62 bits per heavy atom. The van der Waals surface area contributed by atoms with Crippen LogP contribution in [0.3, 0.4) is 0 Å². The number of fused-ring (bicyclic) bond motifs is 1. The van der Waals surface area contributed by atoms with Crippen molar-refractivity contribution in [2.24, 2.45) is 11.7 Å². The molecule has 2 aromatic rings. The van der Waals surface area contributed by atoms with Crippen molar-refractivity contribution in [3.63, 3.8) is 0 Å². The molecule has 140 valence electrons. The average Bonchev–Trinajstić information content (AvgIpc) is 3.27. The molecule has 0 aromatic heterocycles. The lowest BCUT2D eigenvalue weighted by Crippen LogP contribution is -2.29. The molecule has 2 atom stereocenters. The second-order valence-corrected chi connectivity index (χ2v) is 6.77. The minimum absolute atomic E-state index is 0. The fourth-order valence-electron chi connectivity index (χ4n) is 3.97. The van der Waals surface area contributed by atoms with Crippen molar-refractivity contribution in [3.8, 4) is 0 Å². The van der Waals surface area contributed by atoms with Gasteiger partial charge in [0.15, 0.2) is 0 Å². The minimum atomic E-state index is 0. The van der Waals surface area contributed by atoms with Crippen molar-refractivity contribution in [2.75, 3.05) is 31.5 Å². The summed E-state index contributed by atoms with van der Waals surface area (Å²) in [7, 11) is 0. The molecule has 2 heterocycles. The summed E-state index contributed by atoms with van der Waals surface area (Å²) in [5.74, 6) is 0.783. The number of hydrogen-bond acceptors (Lipinski definition) is 3. The standard InChI is InChI=1S/C20H23N3O.2ClH/c21-11-17-12-23(13-18(17)14-4-2-1-3-5-14)20(24)16-6-7-19-15(10-16)8-9-22-19;;/h1-7,10,17-18,22H,8-9,11-13,21H2;2*1H/t17-,18+;;/m1../s1. The van der Waals surface area contributed by atoms with Crippen molar-refractivity contribution in [1.29, 1.82) is 0 Å². The molecular formula is C20H25Cl2N3O. The summed E-state index contributed by atoms with van der Waals surface area (Å²) in [6.07, 6.45) is 0.995. The minimum Gasteiger partial charge on any atom is -0.384 e. The molecule has 0 saturated carbocycles. The van der Waals surface area contributed by atoms with Crippen LogP contribution < -0.4 is 11.1 Å². The number of rotatable bonds is 3. The quantitative estimate of drug-likeness (QED) is 0.840. The van der Waals surface area contributed by atoms with Crippen LogP contribution in [-0.4, -0.2) is 37.0 Å². The van der Waals surface area contributed by atoms with E-state index in [0.29, 0.717) is 18.4 Å². The van der Waals surface area contributed by atoms with Crippen LogP contribution in [0, 0.1) is 5.92 Å². The summed E-state index contributed by atoms with van der Waals surface area (Å²) in [4.78, 5) is 14.9. The maximum atomic E-state index is 12.9. The summed E-state index contributed by atoms with van der Waals surface area (Å²) in [6.45, 7) is 3.06. The zero-order chi connectivity index (χ0) is 16.5. The highest BCUT2D eigenvalue weighted by Gasteiger charge is 2.35. The Balaban J connectivity index is 0.00000121. The number of halogens is 2. The van der Waals surface area contributed by atoms with Crippen molar-refractivity contribution < 1.29 is 4.79 Å². The maximum Gasteiger partial charge on any atom is 0.253 e. The van der Waals surface area contributed by atoms with Gasteiger partial charge < -0.3 is 16.0 Å². The van der Waals surface area contributed by atoms with Crippen LogP contribution in [0.25, 0.3) is 0 Å². The molecule has 26 heavy (non-hydrogen) atoms. The topological polar surface area (TPSA) is 58.4 Å². The van der Waals surface area contributed by atoms with E-state index in [-0.39, 0.29) is 30.7 Å². The molecule has 1 fully saturated rings. The van der Waals surface area contributed by atoms with Gasteiger partial charge in [0.2, 0.25) is 0 Å². The van der Waals surface area contributed by atoms with Gasteiger partial charge >= 0.3 is 0 Å². The third-order valence-electron chi connectivity index (χ3n) is 5.32. The molecule has 1 saturated heterocycles. The fourth-order valence-corrected chi connectivity index (χ4v) is 3.97. The van der Waals surface area contributed by atoms with E-state index >= 15 is 0 Å². The van der Waals surface area contributed by atoms with Crippen LogP contribution in [-0.2, 0) is 6.42 Å². The Morgan fingerprint density at radius 2 is 1.88 bits per heavy atom. The summed E-state index contributed by atoms with van der Waals surface area (Å²) in [5.41, 5.74) is 10.5. The van der Waals surface area contributed by atoms with Crippen molar-refractivity contribution >= 4 is 36.4 Å². The number of likely N-dealkylation sites (tertiary alicyclic amines) is 1. The largest absolute Gasteiger partial charge is 0.384 e. The molecular weight excluding hydrogens is 369 g/mol. The van der Waals surface area contributed by atoms with Gasteiger partial charge in [-0.2, -0.15) is 0 Å². The molecule has 0 radical (unpaired) electrons. The molecule has 4 rings (SSSR count). The molecule has 2 aliphatic heterocycles. The first kappa shape index (κ1) is 20.6. The monoisotopic (exact) mass is 393 g/mol. The van der Waals surface area contributed by atoms with Gasteiger partial charge in [0.05, 0.1) is 0 Å². The highest BCUT2D eigenvalue weighted by Crippen LogP contribution is 2.33. The smallest absolute Gasteiger partial charge is 0.253 e. The van der Waals surface area contributed by atoms with Crippen molar-refractivity contribution in [1.82, 2.24) is 4.90 Å². The third kappa shape index (κ3) is 3.83. The second kappa shape index (κ2) is 8.76. The highest BCUT2D eigenvalue weighted by molar-refractivity contribution is 5.95. The Labute approximate surface area is 167 Å². The SMILES string of the molecule is Cl.Cl.NC[C@@H]1CN(C(=O)c2ccc3c(c2)CCN3)C[C@H]1c1ccccc1. The summed E-state index contributed by atoms with van der Waals surface area (Å²) in [6, 6.07) is 16.4. The molecule has 0 unspecified atom stereocenters. The van der Waals surface area contributed by atoms with Gasteiger partial charge in [-0.25, -0.2) is 0 Å². The van der Waals surface area contributed by atoms with Gasteiger partial charge in [0.1, 0.15) is 0 Å². The predicted octanol–water partition coefficient (Wildman–Crippen LogP) is 3.31. The lowest BCUT2D eigenvalue weighted by atomic mass is 9.89. The van der Waals surface area contributed by atoms with Crippen LogP contribution in [0.5, 0.6) is 0 Å². The van der Waals surface area contributed by atoms with E-state index in [1.54, 1.807) is 0 Å². The van der Waals surface area contributed by atoms with Gasteiger partial charge in [-0.3, -0.25) is 4.79 Å². The first-order valence-electron chi connectivity index (χ1n) is 8.67. The van der Waals surface area contributed by atoms with Gasteiger partial charge in [-0.15, -0.1) is 24.8 Å². The van der Waals surface area contributed by atoms with E-state index in [1.165, 1.54) is 11.1 Å². The van der Waals surface area contributed by atoms with Crippen LogP contribution in [0.1, 0.15) is 27.4 Å². The second-order valence-electron chi connectivity index (χ2n) is 6.77. The molecule has 0 bridgehead atoms. The summed E-state index contributed by atoms with van der Waals surface area (Å²) < 4.78 is 0. The first-order chi connectivity index (χ1) is 11.8. The Hall–Kier alpha value is -1.75. The highest BCUT2D eigenvalue weighted by atomic mass is 35.5. The fraction of sp³-hybridized carbons (Fsp3) is 0.350. The molecule has 6 heteroatoms. The number of nitrogens with one attached hydrogen (secondary N) is 1. The maximum absolute atomic E-state index is 12.9. The Morgan fingerprint density at radius 1 is 1.12 bits per heavy atom. The number of carbonyl (C=O) groups excluding carboxylic acids is 1. The van der Waals surface area contributed by atoms with E-state index in [2.05, 4.69) is 29.6 Å². The number of nitrogens with two attached hydrogens (primary N) is 1. The Bertz CT molecular complexity index is 754. The van der Waals surface area contributed by atoms with Crippen LogP contribution in [0.15, 0.2) is 48.5 Å². The van der Waals surface area contributed by atoms with Gasteiger partial charge in [0.25, 0.3) is 5.91 Å². The summed E-state index contributed by atoms with van der Waals surface area (Å²) in [5, 5.41) is 3.34. The van der Waals surface area contributed by atoms with Gasteiger partial charge in [0, 0.05) is 36.8 Å². The van der Waals surface area contributed by atoms with Crippen LogP contribution in [0.4, 0.5) is 5.69 Å². The average molecular weight is 394 g/mol. The molecule has 3 N–H and O–H groups in total. The van der Waals surface area contributed by atoms with E-state index in [1.807, 2.05) is 29.2 Å². The first-order valence-corrected chi connectivity index (χ1v) is 8.67. The zero-order valence-electron chi connectivity index (χ0n) is 14.6. The normalized spacial score (nSPS) is 20.6. The predicted molar refractivity (Wildman–Crippen MR) is 111 cm³/mol. The lowest BCUT2D eigenvalue weighted by Gasteiger charge is -2.17. The van der Waals surface area contributed by atoms with Gasteiger partial charge in [-0.05, 0) is 48.2 Å². The molecule has 0 aliphatic carbocycles. The van der Waals surface area contributed by atoms with Crippen LogP contribution >= 0.6 is 24.8 Å². The van der Waals surface area contributed by atoms with E-state index < -0.39 is 0 Å². The number of amides is 1. The number of hydrogen-bond donors (Lipinski definition) is 2. The molecule has 2 aliphatic rings. The molecule has 1 amide bonds. The van der Waals surface area contributed by atoms with Crippen molar-refractivity contribution in [3.05, 3.63) is 65.2 Å². The number of benzene rings is 2. The molecule has 2 aromatic carbocycles. The number of carbonyl (C=O) groups is 1. The molecule has 4 nitrogen and oxygen atoms in total. The number of anilines is 1. The van der Waals surface area contributed by atoms with E-state index in [0.717, 1.165) is 37.3 Å². The number of nitrogens with zero attached hydrogens (tertiary/aromatic N) is 1. The molecule has 0 spiro atoms.